The van der Waals surface area contributed by atoms with Crippen molar-refractivity contribution in [1.29, 1.82) is 10.5 Å². The Morgan fingerprint density at radius 3 is 2.53 bits per heavy atom. The Morgan fingerprint density at radius 1 is 1.19 bits per heavy atom. The van der Waals surface area contributed by atoms with Crippen LogP contribution in [0.15, 0.2) is 47.6 Å². The number of thioether (sulfide) groups is 1. The molecule has 0 saturated carbocycles. The average molecular weight is 445 g/mol. The van der Waals surface area contributed by atoms with E-state index in [9.17, 15) is 15.3 Å². The summed E-state index contributed by atoms with van der Waals surface area (Å²) in [6, 6.07) is 14.8. The molecule has 0 spiro atoms. The van der Waals surface area contributed by atoms with Crippen LogP contribution in [0.2, 0.25) is 0 Å². The van der Waals surface area contributed by atoms with E-state index in [1.165, 1.54) is 18.8 Å². The van der Waals surface area contributed by atoms with Crippen LogP contribution in [0.3, 0.4) is 0 Å². The number of rotatable bonds is 7. The molecule has 3 aromatic rings. The summed E-state index contributed by atoms with van der Waals surface area (Å²) in [6.07, 6.45) is 1.55. The zero-order valence-electron chi connectivity index (χ0n) is 17.5. The van der Waals surface area contributed by atoms with Crippen LogP contribution in [0, 0.1) is 22.7 Å². The molecule has 9 heteroatoms. The van der Waals surface area contributed by atoms with Crippen molar-refractivity contribution in [3.63, 3.8) is 0 Å². The van der Waals surface area contributed by atoms with Gasteiger partial charge in [-0.15, -0.1) is 11.8 Å². The standard InChI is InChI=1S/C23H20N6O2S/c1-3-31-16-6-4-15(5-7-16)20-17(11-24)21(26)29-23(18(20)12-25)32-13-14-8-9-28-19(10-14)22(30)27-2/h4-10H,3,13H2,1-2H3,(H2,26,29)(H,27,30). The Kier molecular flexibility index (Phi) is 7.27. The number of nitrogen functional groups attached to an aromatic ring is 1. The van der Waals surface area contributed by atoms with Crippen LogP contribution in [-0.4, -0.2) is 29.5 Å². The van der Waals surface area contributed by atoms with Crippen LogP contribution >= 0.6 is 11.8 Å². The Labute approximate surface area is 190 Å². The molecule has 0 unspecified atom stereocenters. The maximum Gasteiger partial charge on any atom is 0.269 e. The third-order valence-electron chi connectivity index (χ3n) is 4.53. The lowest BCUT2D eigenvalue weighted by atomic mass is 9.97. The lowest BCUT2D eigenvalue weighted by Gasteiger charge is -2.13. The maximum absolute atomic E-state index is 11.8. The highest BCUT2D eigenvalue weighted by molar-refractivity contribution is 7.98. The first-order valence-corrected chi connectivity index (χ1v) is 10.7. The summed E-state index contributed by atoms with van der Waals surface area (Å²) in [5, 5.41) is 22.5. The predicted octanol–water partition coefficient (Wildman–Crippen LogP) is 3.52. The van der Waals surface area contributed by atoms with Gasteiger partial charge < -0.3 is 15.8 Å². The molecule has 0 aliphatic heterocycles. The second-order valence-electron chi connectivity index (χ2n) is 6.53. The van der Waals surface area contributed by atoms with Gasteiger partial charge in [0, 0.05) is 24.6 Å². The number of pyridine rings is 2. The molecule has 0 saturated heterocycles. The molecule has 0 aliphatic rings. The van der Waals surface area contributed by atoms with E-state index in [4.69, 9.17) is 10.5 Å². The van der Waals surface area contributed by atoms with Crippen molar-refractivity contribution in [2.45, 2.75) is 17.7 Å². The lowest BCUT2D eigenvalue weighted by molar-refractivity contribution is 0.0958. The minimum absolute atomic E-state index is 0.0543. The minimum atomic E-state index is -0.284. The van der Waals surface area contributed by atoms with Crippen LogP contribution < -0.4 is 15.8 Å². The van der Waals surface area contributed by atoms with Crippen molar-refractivity contribution < 1.29 is 9.53 Å². The van der Waals surface area contributed by atoms with Gasteiger partial charge in [-0.05, 0) is 42.3 Å². The molecule has 1 aromatic carbocycles. The molecule has 1 amide bonds. The smallest absolute Gasteiger partial charge is 0.269 e. The number of nitrogens with two attached hydrogens (primary N) is 1. The number of benzene rings is 1. The third kappa shape index (κ3) is 4.80. The Morgan fingerprint density at radius 2 is 1.91 bits per heavy atom. The third-order valence-corrected chi connectivity index (χ3v) is 5.58. The van der Waals surface area contributed by atoms with Gasteiger partial charge in [-0.3, -0.25) is 9.78 Å². The molecule has 8 nitrogen and oxygen atoms in total. The fraction of sp³-hybridized carbons (Fsp3) is 0.174. The van der Waals surface area contributed by atoms with Gasteiger partial charge in [-0.1, -0.05) is 12.1 Å². The number of nitrogens with one attached hydrogen (secondary N) is 1. The molecular formula is C23H20N6O2S. The van der Waals surface area contributed by atoms with E-state index in [1.807, 2.05) is 6.92 Å². The molecule has 0 bridgehead atoms. The fourth-order valence-corrected chi connectivity index (χ4v) is 3.98. The summed E-state index contributed by atoms with van der Waals surface area (Å²) in [6.45, 7) is 2.43. The second kappa shape index (κ2) is 10.3. The lowest BCUT2D eigenvalue weighted by Crippen LogP contribution is -2.19. The van der Waals surface area contributed by atoms with E-state index in [2.05, 4.69) is 27.4 Å². The van der Waals surface area contributed by atoms with E-state index in [1.54, 1.807) is 42.6 Å². The number of hydrogen-bond donors (Lipinski definition) is 2. The number of carbonyl (C=O) groups excluding carboxylic acids is 1. The second-order valence-corrected chi connectivity index (χ2v) is 7.49. The van der Waals surface area contributed by atoms with Crippen molar-refractivity contribution in [2.75, 3.05) is 19.4 Å². The van der Waals surface area contributed by atoms with E-state index < -0.39 is 0 Å². The normalized spacial score (nSPS) is 10.1. The van der Waals surface area contributed by atoms with Crippen molar-refractivity contribution in [3.05, 3.63) is 65.0 Å². The molecule has 0 aliphatic carbocycles. The molecular weight excluding hydrogens is 424 g/mol. The average Bonchev–Trinajstić information content (AvgIpc) is 2.82. The maximum atomic E-state index is 11.8. The van der Waals surface area contributed by atoms with Gasteiger partial charge >= 0.3 is 0 Å². The quantitative estimate of drug-likeness (QED) is 0.528. The molecule has 2 aromatic heterocycles. The Balaban J connectivity index is 2.00. The summed E-state index contributed by atoms with van der Waals surface area (Å²) >= 11 is 1.30. The molecule has 0 fully saturated rings. The highest BCUT2D eigenvalue weighted by Gasteiger charge is 2.21. The Hall–Kier alpha value is -4.08. The fourth-order valence-electron chi connectivity index (χ4n) is 3.04. The van der Waals surface area contributed by atoms with Gasteiger partial charge in [0.05, 0.1) is 12.2 Å². The molecule has 3 N–H and O–H groups in total. The zero-order valence-corrected chi connectivity index (χ0v) is 18.4. The Bertz CT molecular complexity index is 1230. The molecule has 160 valence electrons. The van der Waals surface area contributed by atoms with Crippen molar-refractivity contribution in [2.24, 2.45) is 0 Å². The summed E-state index contributed by atoms with van der Waals surface area (Å²) in [5.41, 5.74) is 8.74. The minimum Gasteiger partial charge on any atom is -0.494 e. The van der Waals surface area contributed by atoms with E-state index in [-0.39, 0.29) is 22.9 Å². The summed E-state index contributed by atoms with van der Waals surface area (Å²) in [7, 11) is 1.54. The van der Waals surface area contributed by atoms with Gasteiger partial charge in [-0.25, -0.2) is 4.98 Å². The SMILES string of the molecule is CCOc1ccc(-c2c(C#N)c(N)nc(SCc3ccnc(C(=O)NC)c3)c2C#N)cc1. The van der Waals surface area contributed by atoms with Gasteiger partial charge in [0.1, 0.15) is 40.0 Å². The largest absolute Gasteiger partial charge is 0.494 e. The highest BCUT2D eigenvalue weighted by Crippen LogP contribution is 2.37. The van der Waals surface area contributed by atoms with Crippen LogP contribution in [0.5, 0.6) is 5.75 Å². The van der Waals surface area contributed by atoms with Crippen LogP contribution in [0.25, 0.3) is 11.1 Å². The first-order valence-electron chi connectivity index (χ1n) is 9.69. The highest BCUT2D eigenvalue weighted by atomic mass is 32.2. The molecule has 3 rings (SSSR count). The van der Waals surface area contributed by atoms with Crippen LogP contribution in [0.1, 0.15) is 34.1 Å². The van der Waals surface area contributed by atoms with Gasteiger partial charge in [-0.2, -0.15) is 10.5 Å². The molecule has 0 radical (unpaired) electrons. The van der Waals surface area contributed by atoms with E-state index >= 15 is 0 Å². The van der Waals surface area contributed by atoms with E-state index in [0.717, 1.165) is 5.56 Å². The van der Waals surface area contributed by atoms with E-state index in [0.29, 0.717) is 40.0 Å². The van der Waals surface area contributed by atoms with Crippen LogP contribution in [0.4, 0.5) is 5.82 Å². The number of ether oxygens (including phenoxy) is 1. The number of hydrogen-bond acceptors (Lipinski definition) is 8. The van der Waals surface area contributed by atoms with Gasteiger partial charge in [0.25, 0.3) is 5.91 Å². The van der Waals surface area contributed by atoms with Crippen molar-refractivity contribution in [1.82, 2.24) is 15.3 Å². The van der Waals surface area contributed by atoms with Crippen LogP contribution in [-0.2, 0) is 5.75 Å². The number of aromatic nitrogens is 2. The summed E-state index contributed by atoms with van der Waals surface area (Å²) in [5.74, 6) is 0.892. The number of carbonyl (C=O) groups is 1. The first-order chi connectivity index (χ1) is 15.5. The van der Waals surface area contributed by atoms with Crippen molar-refractivity contribution in [3.8, 4) is 29.0 Å². The zero-order chi connectivity index (χ0) is 23.1. The number of amides is 1. The number of nitrogens with zero attached hydrogens (tertiary/aromatic N) is 4. The first kappa shape index (κ1) is 22.6. The monoisotopic (exact) mass is 444 g/mol. The number of anilines is 1. The van der Waals surface area contributed by atoms with Gasteiger partial charge in [0.2, 0.25) is 0 Å². The van der Waals surface area contributed by atoms with Gasteiger partial charge in [0.15, 0.2) is 0 Å². The number of nitriles is 2. The molecule has 2 heterocycles. The summed E-state index contributed by atoms with van der Waals surface area (Å²) < 4.78 is 5.47. The molecule has 0 atom stereocenters. The predicted molar refractivity (Wildman–Crippen MR) is 122 cm³/mol. The summed E-state index contributed by atoms with van der Waals surface area (Å²) in [4.78, 5) is 20.2. The molecule has 32 heavy (non-hydrogen) atoms. The van der Waals surface area contributed by atoms with Crippen molar-refractivity contribution >= 4 is 23.5 Å². The topological polar surface area (TPSA) is 138 Å².